The van der Waals surface area contributed by atoms with Crippen LogP contribution >= 0.6 is 0 Å². The van der Waals surface area contributed by atoms with Crippen molar-refractivity contribution < 1.29 is 18.3 Å². The van der Waals surface area contributed by atoms with Crippen molar-refractivity contribution in [2.24, 2.45) is 5.92 Å². The molecule has 2 fully saturated rings. The van der Waals surface area contributed by atoms with Gasteiger partial charge in [-0.3, -0.25) is 9.69 Å². The maximum atomic E-state index is 11.6. The van der Waals surface area contributed by atoms with E-state index in [0.717, 1.165) is 0 Å². The van der Waals surface area contributed by atoms with Gasteiger partial charge in [-0.25, -0.2) is 8.42 Å². The third-order valence-corrected chi connectivity index (χ3v) is 5.51. The molecule has 2 aliphatic rings. The lowest BCUT2D eigenvalue weighted by Crippen LogP contribution is -2.53. The van der Waals surface area contributed by atoms with E-state index < -0.39 is 15.8 Å². The molecule has 0 spiro atoms. The normalized spacial score (nSPS) is 31.0. The summed E-state index contributed by atoms with van der Waals surface area (Å²) in [4.78, 5) is 12.9. The summed E-state index contributed by atoms with van der Waals surface area (Å²) in [7, 11) is -3.05. The number of sulfone groups is 1. The number of rotatable bonds is 4. The Hall–Kier alpha value is -0.620. The lowest BCUT2D eigenvalue weighted by atomic mass is 10.1. The SMILES string of the molecule is CC(C1CC1)N1CCS(=O)(=O)CC1CC(=O)O. The van der Waals surface area contributed by atoms with Gasteiger partial charge in [0.15, 0.2) is 9.84 Å². The van der Waals surface area contributed by atoms with E-state index in [2.05, 4.69) is 11.8 Å². The summed E-state index contributed by atoms with van der Waals surface area (Å²) in [5.74, 6) is -0.122. The molecule has 5 nitrogen and oxygen atoms in total. The van der Waals surface area contributed by atoms with Crippen LogP contribution in [-0.2, 0) is 14.6 Å². The predicted octanol–water partition coefficient (Wildman–Crippen LogP) is 0.359. The topological polar surface area (TPSA) is 74.7 Å². The van der Waals surface area contributed by atoms with Crippen molar-refractivity contribution in [2.45, 2.75) is 38.3 Å². The predicted molar refractivity (Wildman–Crippen MR) is 63.6 cm³/mol. The van der Waals surface area contributed by atoms with Crippen LogP contribution in [0.2, 0.25) is 0 Å². The Bertz CT molecular complexity index is 402. The molecule has 0 aromatic carbocycles. The molecule has 0 aromatic rings. The van der Waals surface area contributed by atoms with Crippen molar-refractivity contribution in [3.63, 3.8) is 0 Å². The quantitative estimate of drug-likeness (QED) is 0.791. The van der Waals surface area contributed by atoms with Crippen molar-refractivity contribution in [3.05, 3.63) is 0 Å². The zero-order valence-electron chi connectivity index (χ0n) is 10.0. The number of carbonyl (C=O) groups is 1. The Kier molecular flexibility index (Phi) is 3.45. The van der Waals surface area contributed by atoms with E-state index in [0.29, 0.717) is 18.5 Å². The zero-order chi connectivity index (χ0) is 12.6. The minimum atomic E-state index is -3.05. The van der Waals surface area contributed by atoms with Crippen molar-refractivity contribution >= 4 is 15.8 Å². The first-order chi connectivity index (χ1) is 7.89. The Balaban J connectivity index is 2.09. The van der Waals surface area contributed by atoms with Crippen molar-refractivity contribution in [2.75, 3.05) is 18.1 Å². The number of carboxylic acids is 1. The number of hydrogen-bond acceptors (Lipinski definition) is 4. The third-order valence-electron chi connectivity index (χ3n) is 3.81. The van der Waals surface area contributed by atoms with Crippen LogP contribution in [0.4, 0.5) is 0 Å². The van der Waals surface area contributed by atoms with Crippen LogP contribution < -0.4 is 0 Å². The number of hydrogen-bond donors (Lipinski definition) is 1. The molecular weight excluding hydrogens is 242 g/mol. The average molecular weight is 261 g/mol. The Morgan fingerprint density at radius 3 is 2.65 bits per heavy atom. The van der Waals surface area contributed by atoms with Gasteiger partial charge in [0.2, 0.25) is 0 Å². The highest BCUT2D eigenvalue weighted by molar-refractivity contribution is 7.91. The summed E-state index contributed by atoms with van der Waals surface area (Å²) >= 11 is 0. The monoisotopic (exact) mass is 261 g/mol. The fourth-order valence-corrected chi connectivity index (χ4v) is 4.21. The lowest BCUT2D eigenvalue weighted by molar-refractivity contribution is -0.138. The standard InChI is InChI=1S/C11H19NO4S/c1-8(9-2-3-9)12-4-5-17(15,16)7-10(12)6-11(13)14/h8-10H,2-7H2,1H3,(H,13,14). The molecule has 1 saturated carbocycles. The Morgan fingerprint density at radius 2 is 2.12 bits per heavy atom. The second kappa shape index (κ2) is 4.57. The second-order valence-electron chi connectivity index (χ2n) is 5.18. The summed E-state index contributed by atoms with van der Waals surface area (Å²) in [6.45, 7) is 2.57. The first kappa shape index (κ1) is 12.8. The summed E-state index contributed by atoms with van der Waals surface area (Å²) in [6, 6.07) is -0.0308. The van der Waals surface area contributed by atoms with Crippen LogP contribution in [0, 0.1) is 5.92 Å². The Labute approximate surface area is 102 Å². The largest absolute Gasteiger partial charge is 0.481 e. The molecule has 1 N–H and O–H groups in total. The maximum absolute atomic E-state index is 11.6. The van der Waals surface area contributed by atoms with Gasteiger partial charge in [-0.1, -0.05) is 0 Å². The van der Waals surface area contributed by atoms with Gasteiger partial charge in [0, 0.05) is 18.6 Å². The van der Waals surface area contributed by atoms with Crippen LogP contribution in [0.15, 0.2) is 0 Å². The molecule has 2 atom stereocenters. The summed E-state index contributed by atoms with van der Waals surface area (Å²) < 4.78 is 23.2. The minimum Gasteiger partial charge on any atom is -0.481 e. The fraction of sp³-hybridized carbons (Fsp3) is 0.909. The molecule has 2 unspecified atom stereocenters. The van der Waals surface area contributed by atoms with Gasteiger partial charge in [-0.15, -0.1) is 0 Å². The molecule has 98 valence electrons. The van der Waals surface area contributed by atoms with Gasteiger partial charge in [-0.05, 0) is 25.7 Å². The van der Waals surface area contributed by atoms with Gasteiger partial charge in [0.25, 0.3) is 0 Å². The highest BCUT2D eigenvalue weighted by atomic mass is 32.2. The first-order valence-corrected chi connectivity index (χ1v) is 7.89. The first-order valence-electron chi connectivity index (χ1n) is 6.07. The molecule has 1 aliphatic heterocycles. The molecular formula is C11H19NO4S. The van der Waals surface area contributed by atoms with E-state index in [-0.39, 0.29) is 24.0 Å². The van der Waals surface area contributed by atoms with Gasteiger partial charge in [0.1, 0.15) is 0 Å². The fourth-order valence-electron chi connectivity index (χ4n) is 2.66. The molecule has 0 aromatic heterocycles. The molecule has 0 amide bonds. The van der Waals surface area contributed by atoms with Crippen LogP contribution in [0.3, 0.4) is 0 Å². The van der Waals surface area contributed by atoms with E-state index in [1.54, 1.807) is 0 Å². The van der Waals surface area contributed by atoms with Gasteiger partial charge in [0.05, 0.1) is 17.9 Å². The molecule has 1 aliphatic carbocycles. The Morgan fingerprint density at radius 1 is 1.47 bits per heavy atom. The number of carboxylic acid groups (broad SMARTS) is 1. The maximum Gasteiger partial charge on any atom is 0.304 e. The number of aliphatic carboxylic acids is 1. The third kappa shape index (κ3) is 3.19. The summed E-state index contributed by atoms with van der Waals surface area (Å²) in [5, 5.41) is 8.87. The highest BCUT2D eigenvalue weighted by Crippen LogP contribution is 2.36. The second-order valence-corrected chi connectivity index (χ2v) is 7.41. The van der Waals surface area contributed by atoms with Crippen LogP contribution in [0.5, 0.6) is 0 Å². The van der Waals surface area contributed by atoms with E-state index in [1.807, 2.05) is 0 Å². The van der Waals surface area contributed by atoms with Crippen molar-refractivity contribution in [3.8, 4) is 0 Å². The highest BCUT2D eigenvalue weighted by Gasteiger charge is 2.40. The molecule has 17 heavy (non-hydrogen) atoms. The molecule has 0 bridgehead atoms. The lowest BCUT2D eigenvalue weighted by Gasteiger charge is -2.39. The molecule has 6 heteroatoms. The average Bonchev–Trinajstić information content (AvgIpc) is 2.97. The molecule has 0 radical (unpaired) electrons. The smallest absolute Gasteiger partial charge is 0.304 e. The van der Waals surface area contributed by atoms with E-state index in [9.17, 15) is 13.2 Å². The molecule has 1 saturated heterocycles. The van der Waals surface area contributed by atoms with Crippen LogP contribution in [0.25, 0.3) is 0 Å². The molecule has 2 rings (SSSR count). The minimum absolute atomic E-state index is 0.00361. The van der Waals surface area contributed by atoms with Crippen molar-refractivity contribution in [1.82, 2.24) is 4.90 Å². The van der Waals surface area contributed by atoms with Crippen molar-refractivity contribution in [1.29, 1.82) is 0 Å². The number of nitrogens with zero attached hydrogens (tertiary/aromatic N) is 1. The van der Waals surface area contributed by atoms with Crippen LogP contribution in [0.1, 0.15) is 26.2 Å². The van der Waals surface area contributed by atoms with E-state index in [4.69, 9.17) is 5.11 Å². The summed E-state index contributed by atoms with van der Waals surface area (Å²) in [6.07, 6.45) is 2.30. The van der Waals surface area contributed by atoms with Gasteiger partial charge < -0.3 is 5.11 Å². The van der Waals surface area contributed by atoms with Gasteiger partial charge >= 0.3 is 5.97 Å². The van der Waals surface area contributed by atoms with Crippen LogP contribution in [-0.4, -0.2) is 54.5 Å². The van der Waals surface area contributed by atoms with E-state index in [1.165, 1.54) is 12.8 Å². The van der Waals surface area contributed by atoms with E-state index >= 15 is 0 Å². The van der Waals surface area contributed by atoms with Gasteiger partial charge in [-0.2, -0.15) is 0 Å². The zero-order valence-corrected chi connectivity index (χ0v) is 10.8. The molecule has 1 heterocycles. The summed E-state index contributed by atoms with van der Waals surface area (Å²) in [5.41, 5.74) is 0.